The summed E-state index contributed by atoms with van der Waals surface area (Å²) in [7, 11) is 4.68. The minimum Gasteiger partial charge on any atom is -0.495 e. The van der Waals surface area contributed by atoms with Crippen LogP contribution in [-0.2, 0) is 19.3 Å². The molecule has 78 heavy (non-hydrogen) atoms. The molecular formula is C56H62Cl2IN11O6S2. The van der Waals surface area contributed by atoms with Crippen molar-refractivity contribution in [3.05, 3.63) is 197 Å². The lowest BCUT2D eigenvalue weighted by molar-refractivity contribution is 0.411. The van der Waals surface area contributed by atoms with Crippen LogP contribution in [0.4, 0.5) is 0 Å². The first-order valence-electron chi connectivity index (χ1n) is 24.8. The Labute approximate surface area is 485 Å². The summed E-state index contributed by atoms with van der Waals surface area (Å²) in [4.78, 5) is 69.0. The molecule has 10 rings (SSSR count). The van der Waals surface area contributed by atoms with Crippen LogP contribution in [0.3, 0.4) is 0 Å². The number of ether oxygens (including phenoxy) is 3. The summed E-state index contributed by atoms with van der Waals surface area (Å²) >= 11 is 16.7. The zero-order valence-corrected chi connectivity index (χ0v) is 49.2. The maximum absolute atomic E-state index is 12.1. The molecule has 3 N–H and O–H groups in total. The lowest BCUT2D eigenvalue weighted by Crippen LogP contribution is -2.16. The number of nitrogens with one attached hydrogen (secondary N) is 1. The minimum absolute atomic E-state index is 0.100. The standard InChI is InChI=1S/C23H26N4O2S.C11H9ClN2O2.C11H17N3S.C6H7NO2.C5H3ClIN/c1-29-20-7-8-23(28)27(15-20)19-6-5-18(24-12-19)10-16-3-4-17(9-16)11-22-25-13-21(30-2)14-26-22;1-16-9-3-5-11(15)14(7-9)8-2-4-10(12)13-6-8;1-15-10-6-13-11(14-7-10)5-8-2-3-9(12)4-8;1-9-5-2-3-6(8)7-4-5;6-5-2-1-4(7)3-8-5/h5-8,12-17H,3-4,9-11H2,1-2H3;2-7H,1H3;6-9H,2-5,12H2,1H3;2-4H,1H3,(H,7,8);1-3H/t16-,17-;;8-,9-;;/m0.0../s1. The highest BCUT2D eigenvalue weighted by molar-refractivity contribution is 14.1. The zero-order valence-electron chi connectivity index (χ0n) is 43.9. The molecule has 0 spiro atoms. The van der Waals surface area contributed by atoms with Crippen LogP contribution in [0, 0.1) is 21.3 Å². The van der Waals surface area contributed by atoms with E-state index in [2.05, 4.69) is 62.5 Å². The fourth-order valence-electron chi connectivity index (χ4n) is 8.42. The van der Waals surface area contributed by atoms with Crippen molar-refractivity contribution in [3.8, 4) is 28.6 Å². The number of aromatic nitrogens is 10. The summed E-state index contributed by atoms with van der Waals surface area (Å²) in [6, 6.07) is 20.7. The van der Waals surface area contributed by atoms with Crippen molar-refractivity contribution >= 4 is 69.3 Å². The van der Waals surface area contributed by atoms with Crippen LogP contribution in [0.5, 0.6) is 17.2 Å². The number of nitrogens with two attached hydrogens (primary N) is 1. The Hall–Kier alpha value is -6.17. The van der Waals surface area contributed by atoms with Gasteiger partial charge >= 0.3 is 0 Å². The van der Waals surface area contributed by atoms with Gasteiger partial charge in [0.05, 0.1) is 57.5 Å². The van der Waals surface area contributed by atoms with Crippen molar-refractivity contribution in [2.75, 3.05) is 33.8 Å². The molecule has 0 aromatic carbocycles. The van der Waals surface area contributed by atoms with Crippen LogP contribution < -0.4 is 36.6 Å². The van der Waals surface area contributed by atoms with Gasteiger partial charge in [-0.05, 0) is 152 Å². The van der Waals surface area contributed by atoms with Gasteiger partial charge in [0, 0.05) is 93.3 Å². The van der Waals surface area contributed by atoms with Crippen molar-refractivity contribution in [2.45, 2.75) is 73.6 Å². The molecule has 22 heteroatoms. The Bertz CT molecular complexity index is 3210. The van der Waals surface area contributed by atoms with Crippen molar-refractivity contribution in [1.82, 2.24) is 49.0 Å². The summed E-state index contributed by atoms with van der Waals surface area (Å²) in [5.41, 5.74) is 7.98. The molecule has 4 atom stereocenters. The maximum Gasteiger partial charge on any atom is 0.255 e. The van der Waals surface area contributed by atoms with E-state index in [9.17, 15) is 14.4 Å². The van der Waals surface area contributed by atoms with E-state index in [1.807, 2.05) is 55.5 Å². The molecule has 8 aromatic heterocycles. The van der Waals surface area contributed by atoms with Gasteiger partial charge in [-0.15, -0.1) is 23.5 Å². The molecule has 0 bridgehead atoms. The molecule has 410 valence electrons. The van der Waals surface area contributed by atoms with Gasteiger partial charge in [0.1, 0.15) is 39.2 Å². The molecule has 2 fully saturated rings. The van der Waals surface area contributed by atoms with Crippen molar-refractivity contribution < 1.29 is 14.2 Å². The number of aromatic amines is 1. The van der Waals surface area contributed by atoms with E-state index in [1.54, 1.807) is 111 Å². The number of methoxy groups -OCH3 is 3. The minimum atomic E-state index is -0.148. The van der Waals surface area contributed by atoms with Gasteiger partial charge in [0.15, 0.2) is 0 Å². The molecule has 0 unspecified atom stereocenters. The first-order chi connectivity index (χ1) is 37.7. The Kier molecular flexibility index (Phi) is 25.1. The Balaban J connectivity index is 0.000000173. The highest BCUT2D eigenvalue weighted by Gasteiger charge is 2.26. The normalized spacial score (nSPS) is 16.1. The van der Waals surface area contributed by atoms with Gasteiger partial charge in [-0.1, -0.05) is 23.2 Å². The summed E-state index contributed by atoms with van der Waals surface area (Å²) in [5, 5.41) is 0.935. The summed E-state index contributed by atoms with van der Waals surface area (Å²) in [5.74, 6) is 5.80. The average Bonchev–Trinajstić information content (AvgIpc) is 4.12. The number of hydrogen-bond donors (Lipinski definition) is 2. The van der Waals surface area contributed by atoms with Gasteiger partial charge < -0.3 is 24.9 Å². The second kappa shape index (κ2) is 32.0. The molecule has 17 nitrogen and oxygen atoms in total. The van der Waals surface area contributed by atoms with Crippen LogP contribution in [0.2, 0.25) is 10.3 Å². The molecule has 8 heterocycles. The first-order valence-corrected chi connectivity index (χ1v) is 29.1. The third kappa shape index (κ3) is 20.2. The summed E-state index contributed by atoms with van der Waals surface area (Å²) in [6.07, 6.45) is 31.6. The number of nitrogens with zero attached hydrogens (tertiary/aromatic N) is 9. The lowest BCUT2D eigenvalue weighted by atomic mass is 9.97. The number of pyridine rings is 6. The van der Waals surface area contributed by atoms with Crippen molar-refractivity contribution in [2.24, 2.45) is 23.5 Å². The predicted octanol–water partition coefficient (Wildman–Crippen LogP) is 10.4. The molecule has 0 radical (unpaired) electrons. The predicted molar refractivity (Wildman–Crippen MR) is 318 cm³/mol. The number of halogens is 3. The fourth-order valence-corrected chi connectivity index (χ4v) is 9.59. The van der Waals surface area contributed by atoms with Gasteiger partial charge in [-0.2, -0.15) is 0 Å². The number of hydrogen-bond acceptors (Lipinski definition) is 16. The van der Waals surface area contributed by atoms with Crippen LogP contribution in [0.15, 0.2) is 159 Å². The van der Waals surface area contributed by atoms with Crippen LogP contribution >= 0.6 is 69.3 Å². The summed E-state index contributed by atoms with van der Waals surface area (Å²) in [6.45, 7) is 0. The third-order valence-corrected chi connectivity index (χ3v) is 15.0. The molecule has 0 amide bonds. The monoisotopic (exact) mass is 1250 g/mol. The van der Waals surface area contributed by atoms with Gasteiger partial charge in [-0.3, -0.25) is 28.5 Å². The van der Waals surface area contributed by atoms with Crippen LogP contribution in [0.25, 0.3) is 11.4 Å². The second-order valence-electron chi connectivity index (χ2n) is 18.0. The van der Waals surface area contributed by atoms with E-state index in [0.29, 0.717) is 57.0 Å². The fraction of sp³-hybridized carbons (Fsp3) is 0.321. The van der Waals surface area contributed by atoms with Gasteiger partial charge in [-0.25, -0.2) is 29.9 Å². The molecule has 2 aliphatic rings. The topological polar surface area (TPSA) is 221 Å². The third-order valence-electron chi connectivity index (χ3n) is 12.5. The molecule has 2 aliphatic carbocycles. The zero-order chi connectivity index (χ0) is 55.8. The smallest absolute Gasteiger partial charge is 0.255 e. The number of rotatable bonds is 13. The van der Waals surface area contributed by atoms with E-state index in [1.165, 1.54) is 60.8 Å². The van der Waals surface area contributed by atoms with E-state index in [-0.39, 0.29) is 16.7 Å². The quantitative estimate of drug-likeness (QED) is 0.0623. The molecule has 2 saturated carbocycles. The SMILES string of the molecule is COc1ccc(=O)[nH]c1.COc1ccc(=O)n(-c2ccc(C[C@H]3CC[C@H](Cc4ncc(SC)cn4)C3)nc2)c1.COc1ccc(=O)n(-c2ccc(Cl)nc2)c1.CSc1cnc(C[C@H]2CC[C@H](N)C2)nc1.Clc1ccc(I)cn1. The van der Waals surface area contributed by atoms with E-state index in [0.717, 1.165) is 68.5 Å². The second-order valence-corrected chi connectivity index (χ2v) is 21.7. The molecule has 0 aliphatic heterocycles. The number of thioether (sulfide) groups is 2. The maximum atomic E-state index is 12.1. The van der Waals surface area contributed by atoms with Gasteiger partial charge in [0.25, 0.3) is 11.1 Å². The van der Waals surface area contributed by atoms with E-state index < -0.39 is 0 Å². The van der Waals surface area contributed by atoms with Crippen molar-refractivity contribution in [3.63, 3.8) is 0 Å². The highest BCUT2D eigenvalue weighted by atomic mass is 127. The largest absolute Gasteiger partial charge is 0.495 e. The van der Waals surface area contributed by atoms with E-state index in [4.69, 9.17) is 43.1 Å². The summed E-state index contributed by atoms with van der Waals surface area (Å²) < 4.78 is 19.2. The van der Waals surface area contributed by atoms with Crippen LogP contribution in [0.1, 0.15) is 55.9 Å². The highest BCUT2D eigenvalue weighted by Crippen LogP contribution is 2.35. The lowest BCUT2D eigenvalue weighted by Gasteiger charge is -2.12. The van der Waals surface area contributed by atoms with E-state index >= 15 is 0 Å². The Morgan fingerprint density at radius 1 is 0.564 bits per heavy atom. The Morgan fingerprint density at radius 2 is 1.04 bits per heavy atom. The van der Waals surface area contributed by atoms with Gasteiger partial charge in [0.2, 0.25) is 5.56 Å². The first kappa shape index (κ1) is 61.0. The molecule has 8 aromatic rings. The van der Waals surface area contributed by atoms with Crippen molar-refractivity contribution in [1.29, 1.82) is 0 Å². The number of H-pyrrole nitrogens is 1. The molecule has 0 saturated heterocycles. The van der Waals surface area contributed by atoms with Crippen LogP contribution in [-0.4, -0.2) is 88.9 Å². The molecular weight excluding hydrogens is 1180 g/mol. The average molecular weight is 1250 g/mol. The Morgan fingerprint density at radius 3 is 1.45 bits per heavy atom.